The van der Waals surface area contributed by atoms with Gasteiger partial charge in [0.1, 0.15) is 5.75 Å². The number of likely N-dealkylation sites (N-methyl/N-ethyl adjacent to an activating group) is 1. The average Bonchev–Trinajstić information content (AvgIpc) is 2.72. The second kappa shape index (κ2) is 4.80. The van der Waals surface area contributed by atoms with Gasteiger partial charge in [-0.05, 0) is 33.2 Å². The second-order valence-corrected chi connectivity index (χ2v) is 4.68. The molecular formula is C14H20N2O. The van der Waals surface area contributed by atoms with E-state index in [1.54, 1.807) is 7.11 Å². The molecule has 1 unspecified atom stereocenters. The van der Waals surface area contributed by atoms with Crippen LogP contribution in [-0.2, 0) is 6.54 Å². The molecule has 2 aromatic rings. The van der Waals surface area contributed by atoms with Crippen LogP contribution in [0, 0.1) is 0 Å². The van der Waals surface area contributed by atoms with Crippen molar-refractivity contribution >= 4 is 10.9 Å². The van der Waals surface area contributed by atoms with Crippen LogP contribution in [0.2, 0.25) is 0 Å². The minimum Gasteiger partial charge on any atom is -0.495 e. The van der Waals surface area contributed by atoms with Gasteiger partial charge in [0.15, 0.2) is 0 Å². The van der Waals surface area contributed by atoms with Crippen LogP contribution < -0.4 is 4.74 Å². The summed E-state index contributed by atoms with van der Waals surface area (Å²) in [5.74, 6) is 0.943. The third kappa shape index (κ3) is 2.29. The summed E-state index contributed by atoms with van der Waals surface area (Å²) in [6.07, 6.45) is 2.13. The number of hydrogen-bond acceptors (Lipinski definition) is 2. The van der Waals surface area contributed by atoms with E-state index in [9.17, 15) is 0 Å². The van der Waals surface area contributed by atoms with Gasteiger partial charge in [-0.15, -0.1) is 0 Å². The van der Waals surface area contributed by atoms with E-state index in [0.717, 1.165) is 12.3 Å². The summed E-state index contributed by atoms with van der Waals surface area (Å²) in [7, 11) is 5.93. The summed E-state index contributed by atoms with van der Waals surface area (Å²) < 4.78 is 7.70. The van der Waals surface area contributed by atoms with E-state index in [2.05, 4.69) is 48.8 Å². The first kappa shape index (κ1) is 12.0. The number of methoxy groups -OCH3 is 1. The zero-order chi connectivity index (χ0) is 12.4. The third-order valence-electron chi connectivity index (χ3n) is 3.31. The number of aromatic nitrogens is 1. The molecule has 0 N–H and O–H groups in total. The van der Waals surface area contributed by atoms with E-state index in [0.29, 0.717) is 6.04 Å². The van der Waals surface area contributed by atoms with Crippen molar-refractivity contribution in [2.45, 2.75) is 19.5 Å². The molecule has 2 rings (SSSR count). The molecule has 1 aromatic carbocycles. The molecule has 3 heteroatoms. The molecule has 1 heterocycles. The predicted octanol–water partition coefficient (Wildman–Crippen LogP) is 2.60. The highest BCUT2D eigenvalue weighted by Gasteiger charge is 2.10. The standard InChI is InChI=1S/C14H20N2O/c1-11(15(2)3)10-16-9-8-12-6-5-7-13(17-4)14(12)16/h5-9,11H,10H2,1-4H3. The van der Waals surface area contributed by atoms with Gasteiger partial charge in [0, 0.05) is 24.2 Å². The van der Waals surface area contributed by atoms with Gasteiger partial charge >= 0.3 is 0 Å². The van der Waals surface area contributed by atoms with Crippen LogP contribution in [0.4, 0.5) is 0 Å². The number of nitrogens with zero attached hydrogens (tertiary/aromatic N) is 2. The van der Waals surface area contributed by atoms with Crippen molar-refractivity contribution in [3.63, 3.8) is 0 Å². The Kier molecular flexibility index (Phi) is 3.38. The van der Waals surface area contributed by atoms with Gasteiger partial charge in [-0.25, -0.2) is 0 Å². The number of benzene rings is 1. The molecule has 0 amide bonds. The van der Waals surface area contributed by atoms with Crippen molar-refractivity contribution in [1.29, 1.82) is 0 Å². The molecule has 0 aliphatic carbocycles. The highest BCUT2D eigenvalue weighted by atomic mass is 16.5. The molecule has 0 spiro atoms. The van der Waals surface area contributed by atoms with Crippen LogP contribution in [0.25, 0.3) is 10.9 Å². The fraction of sp³-hybridized carbons (Fsp3) is 0.429. The minimum atomic E-state index is 0.496. The SMILES string of the molecule is COc1cccc2ccn(CC(C)N(C)C)c12. The molecule has 0 fully saturated rings. The first-order valence-electron chi connectivity index (χ1n) is 5.91. The third-order valence-corrected chi connectivity index (χ3v) is 3.31. The van der Waals surface area contributed by atoms with E-state index < -0.39 is 0 Å². The number of hydrogen-bond donors (Lipinski definition) is 0. The fourth-order valence-electron chi connectivity index (χ4n) is 1.99. The molecule has 1 atom stereocenters. The van der Waals surface area contributed by atoms with Crippen molar-refractivity contribution in [3.8, 4) is 5.75 Å². The predicted molar refractivity (Wildman–Crippen MR) is 71.6 cm³/mol. The lowest BCUT2D eigenvalue weighted by Gasteiger charge is -2.21. The van der Waals surface area contributed by atoms with Crippen molar-refractivity contribution in [2.24, 2.45) is 0 Å². The van der Waals surface area contributed by atoms with Gasteiger partial charge in [-0.1, -0.05) is 12.1 Å². The lowest BCUT2D eigenvalue weighted by Crippen LogP contribution is -2.28. The maximum Gasteiger partial charge on any atom is 0.143 e. The first-order chi connectivity index (χ1) is 8.13. The number of fused-ring (bicyclic) bond motifs is 1. The Bertz CT molecular complexity index is 502. The van der Waals surface area contributed by atoms with E-state index in [4.69, 9.17) is 4.74 Å². The highest BCUT2D eigenvalue weighted by molar-refractivity contribution is 5.86. The Morgan fingerprint density at radius 2 is 2.06 bits per heavy atom. The second-order valence-electron chi connectivity index (χ2n) is 4.68. The Morgan fingerprint density at radius 3 is 2.71 bits per heavy atom. The summed E-state index contributed by atoms with van der Waals surface area (Å²) in [5.41, 5.74) is 1.18. The van der Waals surface area contributed by atoms with Gasteiger partial charge < -0.3 is 14.2 Å². The topological polar surface area (TPSA) is 17.4 Å². The van der Waals surface area contributed by atoms with Crippen molar-refractivity contribution < 1.29 is 4.74 Å². The van der Waals surface area contributed by atoms with Gasteiger partial charge in [0.25, 0.3) is 0 Å². The Labute approximate surface area is 103 Å². The number of para-hydroxylation sites is 1. The lowest BCUT2D eigenvalue weighted by atomic mass is 10.2. The monoisotopic (exact) mass is 232 g/mol. The average molecular weight is 232 g/mol. The minimum absolute atomic E-state index is 0.496. The smallest absolute Gasteiger partial charge is 0.143 e. The molecule has 0 bridgehead atoms. The van der Waals surface area contributed by atoms with Crippen LogP contribution in [0.1, 0.15) is 6.92 Å². The van der Waals surface area contributed by atoms with Crippen molar-refractivity contribution in [1.82, 2.24) is 9.47 Å². The first-order valence-corrected chi connectivity index (χ1v) is 5.91. The molecule has 3 nitrogen and oxygen atoms in total. The molecule has 92 valence electrons. The fourth-order valence-corrected chi connectivity index (χ4v) is 1.99. The Hall–Kier alpha value is -1.48. The molecule has 0 saturated carbocycles. The summed E-state index contributed by atoms with van der Waals surface area (Å²) >= 11 is 0. The maximum atomic E-state index is 5.43. The molecule has 17 heavy (non-hydrogen) atoms. The van der Waals surface area contributed by atoms with Crippen LogP contribution >= 0.6 is 0 Å². The Balaban J connectivity index is 2.41. The van der Waals surface area contributed by atoms with Crippen LogP contribution in [0.15, 0.2) is 30.5 Å². The van der Waals surface area contributed by atoms with Crippen LogP contribution in [0.5, 0.6) is 5.75 Å². The van der Waals surface area contributed by atoms with Crippen molar-refractivity contribution in [3.05, 3.63) is 30.5 Å². The molecule has 1 aromatic heterocycles. The quantitative estimate of drug-likeness (QED) is 0.806. The van der Waals surface area contributed by atoms with E-state index in [1.807, 2.05) is 12.1 Å². The van der Waals surface area contributed by atoms with Crippen LogP contribution in [-0.4, -0.2) is 36.7 Å². The summed E-state index contributed by atoms with van der Waals surface area (Å²) in [6, 6.07) is 8.80. The number of ether oxygens (including phenoxy) is 1. The van der Waals surface area contributed by atoms with Gasteiger partial charge in [-0.3, -0.25) is 0 Å². The number of rotatable bonds is 4. The zero-order valence-electron chi connectivity index (χ0n) is 11.0. The zero-order valence-corrected chi connectivity index (χ0v) is 11.0. The van der Waals surface area contributed by atoms with Gasteiger partial charge in [0.2, 0.25) is 0 Å². The van der Waals surface area contributed by atoms with E-state index in [-0.39, 0.29) is 0 Å². The highest BCUT2D eigenvalue weighted by Crippen LogP contribution is 2.26. The van der Waals surface area contributed by atoms with Gasteiger partial charge in [-0.2, -0.15) is 0 Å². The lowest BCUT2D eigenvalue weighted by molar-refractivity contribution is 0.285. The molecule has 0 radical (unpaired) electrons. The normalized spacial score (nSPS) is 13.2. The summed E-state index contributed by atoms with van der Waals surface area (Å²) in [4.78, 5) is 2.22. The molecule has 0 aliphatic heterocycles. The Morgan fingerprint density at radius 1 is 1.29 bits per heavy atom. The van der Waals surface area contributed by atoms with Gasteiger partial charge in [0.05, 0.1) is 12.6 Å². The summed E-state index contributed by atoms with van der Waals surface area (Å²) in [6.45, 7) is 3.19. The largest absolute Gasteiger partial charge is 0.495 e. The maximum absolute atomic E-state index is 5.43. The van der Waals surface area contributed by atoms with Crippen LogP contribution in [0.3, 0.4) is 0 Å². The molecule has 0 saturated heterocycles. The van der Waals surface area contributed by atoms with E-state index >= 15 is 0 Å². The van der Waals surface area contributed by atoms with Crippen molar-refractivity contribution in [2.75, 3.05) is 21.2 Å². The molecule has 0 aliphatic rings. The summed E-state index contributed by atoms with van der Waals surface area (Å²) in [5, 5.41) is 1.23. The molecular weight excluding hydrogens is 212 g/mol. The van der Waals surface area contributed by atoms with E-state index in [1.165, 1.54) is 10.9 Å².